The second-order valence-corrected chi connectivity index (χ2v) is 2.75. The molecule has 0 atom stereocenters. The maximum absolute atomic E-state index is 10.6. The van der Waals surface area contributed by atoms with Crippen molar-refractivity contribution in [2.24, 2.45) is 0 Å². The van der Waals surface area contributed by atoms with Crippen molar-refractivity contribution in [1.82, 2.24) is 5.48 Å². The summed E-state index contributed by atoms with van der Waals surface area (Å²) in [5.41, 5.74) is 3.56. The highest BCUT2D eigenvalue weighted by atomic mass is 16.5. The maximum atomic E-state index is 10.6. The molecule has 3 N–H and O–H groups in total. The lowest BCUT2D eigenvalue weighted by Gasteiger charge is -2.04. The molecule has 0 saturated heterocycles. The molecule has 0 aliphatic carbocycles. The van der Waals surface area contributed by atoms with Crippen molar-refractivity contribution in [2.75, 3.05) is 11.9 Å². The zero-order valence-corrected chi connectivity index (χ0v) is 7.37. The largest absolute Gasteiger partial charge is 0.376 e. The Labute approximate surface area is 76.5 Å². The standard InChI is InChI=1S/C9H12N2O2/c1-7-2-4-8(5-3-7)10-6-9(12)11-13/h2-5,10,13H,6H2,1H3,(H,11,12). The van der Waals surface area contributed by atoms with Gasteiger partial charge in [-0.05, 0) is 19.1 Å². The average Bonchev–Trinajstić information content (AvgIpc) is 2.16. The molecule has 13 heavy (non-hydrogen) atoms. The molecule has 0 unspecified atom stereocenters. The number of hydrogen-bond donors (Lipinski definition) is 3. The van der Waals surface area contributed by atoms with Gasteiger partial charge >= 0.3 is 0 Å². The average molecular weight is 180 g/mol. The lowest BCUT2D eigenvalue weighted by molar-refractivity contribution is -0.127. The van der Waals surface area contributed by atoms with Crippen LogP contribution in [-0.4, -0.2) is 17.7 Å². The quantitative estimate of drug-likeness (QED) is 0.478. The van der Waals surface area contributed by atoms with E-state index in [0.29, 0.717) is 0 Å². The summed E-state index contributed by atoms with van der Waals surface area (Å²) in [6, 6.07) is 7.64. The second kappa shape index (κ2) is 4.47. The number of hydroxylamine groups is 1. The van der Waals surface area contributed by atoms with E-state index in [1.54, 1.807) is 5.48 Å². The molecule has 0 aromatic heterocycles. The maximum Gasteiger partial charge on any atom is 0.262 e. The van der Waals surface area contributed by atoms with Gasteiger partial charge in [0.1, 0.15) is 0 Å². The van der Waals surface area contributed by atoms with Crippen molar-refractivity contribution >= 4 is 11.6 Å². The van der Waals surface area contributed by atoms with Crippen molar-refractivity contribution in [1.29, 1.82) is 0 Å². The van der Waals surface area contributed by atoms with Crippen molar-refractivity contribution in [3.8, 4) is 0 Å². The van der Waals surface area contributed by atoms with Crippen LogP contribution in [0.5, 0.6) is 0 Å². The minimum absolute atomic E-state index is 0.0690. The number of carbonyl (C=O) groups is 1. The predicted octanol–water partition coefficient (Wildman–Crippen LogP) is 0.912. The first kappa shape index (κ1) is 9.54. The van der Waals surface area contributed by atoms with Gasteiger partial charge in [-0.3, -0.25) is 10.0 Å². The van der Waals surface area contributed by atoms with Crippen LogP contribution in [0.25, 0.3) is 0 Å². The van der Waals surface area contributed by atoms with Gasteiger partial charge in [0, 0.05) is 5.69 Å². The molecule has 4 heteroatoms. The Kier molecular flexibility index (Phi) is 3.28. The fraction of sp³-hybridized carbons (Fsp3) is 0.222. The van der Waals surface area contributed by atoms with Gasteiger partial charge in [0.05, 0.1) is 6.54 Å². The van der Waals surface area contributed by atoms with E-state index in [9.17, 15) is 4.79 Å². The first-order valence-electron chi connectivity index (χ1n) is 3.96. The number of nitrogens with one attached hydrogen (secondary N) is 2. The fourth-order valence-electron chi connectivity index (χ4n) is 0.893. The molecule has 1 amide bonds. The SMILES string of the molecule is Cc1ccc(NCC(=O)NO)cc1. The van der Waals surface area contributed by atoms with E-state index in [1.807, 2.05) is 31.2 Å². The van der Waals surface area contributed by atoms with Crippen LogP contribution in [0.4, 0.5) is 5.69 Å². The Morgan fingerprint density at radius 2 is 2.00 bits per heavy atom. The third-order valence-electron chi connectivity index (χ3n) is 1.63. The van der Waals surface area contributed by atoms with Crippen LogP contribution >= 0.6 is 0 Å². The first-order valence-corrected chi connectivity index (χ1v) is 3.96. The zero-order chi connectivity index (χ0) is 9.68. The van der Waals surface area contributed by atoms with Gasteiger partial charge in [0.2, 0.25) is 0 Å². The van der Waals surface area contributed by atoms with Crippen LogP contribution in [0.15, 0.2) is 24.3 Å². The lowest BCUT2D eigenvalue weighted by Crippen LogP contribution is -2.26. The van der Waals surface area contributed by atoms with Gasteiger partial charge in [-0.25, -0.2) is 5.48 Å². The molecule has 0 aliphatic rings. The van der Waals surface area contributed by atoms with Crippen LogP contribution in [-0.2, 0) is 4.79 Å². The molecule has 70 valence electrons. The molecule has 0 aliphatic heterocycles. The van der Waals surface area contributed by atoms with Gasteiger partial charge in [-0.15, -0.1) is 0 Å². The first-order chi connectivity index (χ1) is 6.22. The molecule has 0 fully saturated rings. The van der Waals surface area contributed by atoms with E-state index in [2.05, 4.69) is 5.32 Å². The normalized spacial score (nSPS) is 9.38. The van der Waals surface area contributed by atoms with Gasteiger partial charge in [0.15, 0.2) is 0 Å². The number of anilines is 1. The number of hydrogen-bond acceptors (Lipinski definition) is 3. The molecular formula is C9H12N2O2. The van der Waals surface area contributed by atoms with Crippen LogP contribution in [0.1, 0.15) is 5.56 Å². The van der Waals surface area contributed by atoms with Crippen molar-refractivity contribution in [3.63, 3.8) is 0 Å². The second-order valence-electron chi connectivity index (χ2n) is 2.75. The van der Waals surface area contributed by atoms with Gasteiger partial charge in [-0.2, -0.15) is 0 Å². The van der Waals surface area contributed by atoms with Crippen molar-refractivity contribution in [3.05, 3.63) is 29.8 Å². The van der Waals surface area contributed by atoms with Crippen LogP contribution in [0.2, 0.25) is 0 Å². The minimum Gasteiger partial charge on any atom is -0.376 e. The molecule has 4 nitrogen and oxygen atoms in total. The Hall–Kier alpha value is -1.55. The Morgan fingerprint density at radius 1 is 1.38 bits per heavy atom. The lowest BCUT2D eigenvalue weighted by atomic mass is 10.2. The van der Waals surface area contributed by atoms with E-state index < -0.39 is 5.91 Å². The molecular weight excluding hydrogens is 168 g/mol. The van der Waals surface area contributed by atoms with Crippen LogP contribution in [0.3, 0.4) is 0 Å². The van der Waals surface area contributed by atoms with E-state index in [-0.39, 0.29) is 6.54 Å². The summed E-state index contributed by atoms with van der Waals surface area (Å²) in [5.74, 6) is -0.458. The topological polar surface area (TPSA) is 61.4 Å². The fourth-order valence-corrected chi connectivity index (χ4v) is 0.893. The van der Waals surface area contributed by atoms with E-state index in [1.165, 1.54) is 0 Å². The van der Waals surface area contributed by atoms with Gasteiger partial charge in [-0.1, -0.05) is 17.7 Å². The summed E-state index contributed by atoms with van der Waals surface area (Å²) in [7, 11) is 0. The number of benzene rings is 1. The molecule has 0 bridgehead atoms. The minimum atomic E-state index is -0.458. The molecule has 1 aromatic carbocycles. The van der Waals surface area contributed by atoms with Crippen LogP contribution in [0, 0.1) is 6.92 Å². The van der Waals surface area contributed by atoms with E-state index in [0.717, 1.165) is 11.3 Å². The third-order valence-corrected chi connectivity index (χ3v) is 1.63. The van der Waals surface area contributed by atoms with E-state index >= 15 is 0 Å². The van der Waals surface area contributed by atoms with Crippen molar-refractivity contribution in [2.45, 2.75) is 6.92 Å². The smallest absolute Gasteiger partial charge is 0.262 e. The monoisotopic (exact) mass is 180 g/mol. The van der Waals surface area contributed by atoms with E-state index in [4.69, 9.17) is 5.21 Å². The summed E-state index contributed by atoms with van der Waals surface area (Å²) >= 11 is 0. The Morgan fingerprint density at radius 3 is 2.54 bits per heavy atom. The highest BCUT2D eigenvalue weighted by molar-refractivity contribution is 5.79. The highest BCUT2D eigenvalue weighted by Crippen LogP contribution is 2.07. The number of rotatable bonds is 3. The Bertz CT molecular complexity index is 282. The number of carbonyl (C=O) groups excluding carboxylic acids is 1. The summed E-state index contributed by atoms with van der Waals surface area (Å²) in [5, 5.41) is 11.1. The summed E-state index contributed by atoms with van der Waals surface area (Å²) in [4.78, 5) is 10.6. The number of amides is 1. The number of aryl methyl sites for hydroxylation is 1. The summed E-state index contributed by atoms with van der Waals surface area (Å²) < 4.78 is 0. The molecule has 0 radical (unpaired) electrons. The van der Waals surface area contributed by atoms with Gasteiger partial charge < -0.3 is 5.32 Å². The molecule has 1 rings (SSSR count). The molecule has 0 spiro atoms. The van der Waals surface area contributed by atoms with Crippen molar-refractivity contribution < 1.29 is 10.0 Å². The summed E-state index contributed by atoms with van der Waals surface area (Å²) in [6.07, 6.45) is 0. The Balaban J connectivity index is 2.46. The highest BCUT2D eigenvalue weighted by Gasteiger charge is 1.97. The van der Waals surface area contributed by atoms with Crippen LogP contribution < -0.4 is 10.8 Å². The zero-order valence-electron chi connectivity index (χ0n) is 7.37. The predicted molar refractivity (Wildman–Crippen MR) is 49.6 cm³/mol. The molecule has 0 saturated carbocycles. The summed E-state index contributed by atoms with van der Waals surface area (Å²) in [6.45, 7) is 2.06. The third kappa shape index (κ3) is 3.13. The molecule has 1 aromatic rings. The van der Waals surface area contributed by atoms with Gasteiger partial charge in [0.25, 0.3) is 5.91 Å². The molecule has 0 heterocycles.